The number of ether oxygens (including phenoxy) is 2. The first kappa shape index (κ1) is 15.9. The van der Waals surface area contributed by atoms with Crippen molar-refractivity contribution in [3.8, 4) is 0 Å². The maximum atomic E-state index is 11.3. The minimum absolute atomic E-state index is 0.243. The van der Waals surface area contributed by atoms with Gasteiger partial charge in [-0.25, -0.2) is 0 Å². The van der Waals surface area contributed by atoms with Crippen molar-refractivity contribution in [2.24, 2.45) is 0 Å². The van der Waals surface area contributed by atoms with Crippen molar-refractivity contribution in [2.45, 2.75) is 72.0 Å². The number of esters is 2. The van der Waals surface area contributed by atoms with Gasteiger partial charge < -0.3 is 9.47 Å². The van der Waals surface area contributed by atoms with Crippen LogP contribution in [0.1, 0.15) is 60.8 Å². The second-order valence-electron chi connectivity index (χ2n) is 5.35. The molecule has 0 aromatic heterocycles. The molecule has 17 heavy (non-hydrogen) atoms. The van der Waals surface area contributed by atoms with Crippen LogP contribution in [0.5, 0.6) is 0 Å². The molecule has 0 heterocycles. The molecule has 0 fully saturated rings. The first-order chi connectivity index (χ1) is 7.62. The van der Waals surface area contributed by atoms with Crippen molar-refractivity contribution in [1.29, 1.82) is 0 Å². The molecule has 0 unspecified atom stereocenters. The second-order valence-corrected chi connectivity index (χ2v) is 5.35. The van der Waals surface area contributed by atoms with Crippen molar-refractivity contribution in [3.63, 3.8) is 0 Å². The van der Waals surface area contributed by atoms with Gasteiger partial charge in [0.25, 0.3) is 0 Å². The van der Waals surface area contributed by atoms with Gasteiger partial charge >= 0.3 is 11.9 Å². The summed E-state index contributed by atoms with van der Waals surface area (Å²) in [6.07, 6.45) is 1.16. The van der Waals surface area contributed by atoms with Gasteiger partial charge in [0, 0.05) is 19.3 Å². The van der Waals surface area contributed by atoms with Crippen molar-refractivity contribution in [1.82, 2.24) is 0 Å². The monoisotopic (exact) mass is 244 g/mol. The van der Waals surface area contributed by atoms with E-state index in [4.69, 9.17) is 9.47 Å². The average molecular weight is 244 g/mol. The van der Waals surface area contributed by atoms with E-state index in [0.29, 0.717) is 19.3 Å². The molecule has 0 aromatic rings. The second kappa shape index (κ2) is 6.03. The van der Waals surface area contributed by atoms with Gasteiger partial charge in [0.2, 0.25) is 0 Å². The molecule has 0 aliphatic carbocycles. The Balaban J connectivity index is 4.46. The summed E-state index contributed by atoms with van der Waals surface area (Å²) >= 11 is 0. The maximum absolute atomic E-state index is 11.3. The third kappa shape index (κ3) is 6.97. The SMILES string of the molecule is CCC(=O)OC(C)(C)CC(C)(C)OC(=O)CC. The van der Waals surface area contributed by atoms with E-state index in [0.717, 1.165) is 0 Å². The van der Waals surface area contributed by atoms with Gasteiger partial charge in [0.15, 0.2) is 0 Å². The van der Waals surface area contributed by atoms with Crippen LogP contribution in [-0.2, 0) is 19.1 Å². The van der Waals surface area contributed by atoms with E-state index in [1.165, 1.54) is 0 Å². The molecule has 100 valence electrons. The molecule has 0 aliphatic rings. The highest BCUT2D eigenvalue weighted by Gasteiger charge is 2.34. The van der Waals surface area contributed by atoms with Crippen LogP contribution in [0, 0.1) is 0 Å². The van der Waals surface area contributed by atoms with Crippen LogP contribution in [-0.4, -0.2) is 23.1 Å². The first-order valence-electron chi connectivity index (χ1n) is 6.05. The van der Waals surface area contributed by atoms with Crippen LogP contribution in [0.4, 0.5) is 0 Å². The van der Waals surface area contributed by atoms with Gasteiger partial charge in [0.05, 0.1) is 0 Å². The normalized spacial score (nSPS) is 12.1. The molecule has 0 aliphatic heterocycles. The van der Waals surface area contributed by atoms with Crippen molar-refractivity contribution in [2.75, 3.05) is 0 Å². The zero-order valence-electron chi connectivity index (χ0n) is 11.8. The predicted octanol–water partition coefficient (Wildman–Crippen LogP) is 2.84. The van der Waals surface area contributed by atoms with E-state index in [2.05, 4.69) is 0 Å². The summed E-state index contributed by atoms with van der Waals surface area (Å²) in [5, 5.41) is 0. The van der Waals surface area contributed by atoms with Crippen LogP contribution in [0.2, 0.25) is 0 Å². The molecule has 0 atom stereocenters. The Kier molecular flexibility index (Phi) is 5.66. The smallest absolute Gasteiger partial charge is 0.306 e. The van der Waals surface area contributed by atoms with Crippen molar-refractivity contribution < 1.29 is 19.1 Å². The van der Waals surface area contributed by atoms with Crippen LogP contribution in [0.25, 0.3) is 0 Å². The van der Waals surface area contributed by atoms with E-state index in [1.54, 1.807) is 13.8 Å². The highest BCUT2D eigenvalue weighted by atomic mass is 16.6. The summed E-state index contributed by atoms with van der Waals surface area (Å²) in [4.78, 5) is 22.5. The lowest BCUT2D eigenvalue weighted by molar-refractivity contribution is -0.169. The van der Waals surface area contributed by atoms with Crippen LogP contribution < -0.4 is 0 Å². The number of hydrogen-bond donors (Lipinski definition) is 0. The number of carbonyl (C=O) groups excluding carboxylic acids is 2. The zero-order valence-corrected chi connectivity index (χ0v) is 11.8. The van der Waals surface area contributed by atoms with Gasteiger partial charge in [-0.15, -0.1) is 0 Å². The molecule has 0 aromatic carbocycles. The molecule has 4 heteroatoms. The minimum atomic E-state index is -0.634. The van der Waals surface area contributed by atoms with Gasteiger partial charge in [-0.3, -0.25) is 9.59 Å². The summed E-state index contributed by atoms with van der Waals surface area (Å²) in [6, 6.07) is 0. The Bertz CT molecular complexity index is 251. The zero-order chi connectivity index (χ0) is 13.7. The lowest BCUT2D eigenvalue weighted by Crippen LogP contribution is -2.39. The molecule has 0 radical (unpaired) electrons. The van der Waals surface area contributed by atoms with Crippen molar-refractivity contribution >= 4 is 11.9 Å². The molecule has 0 N–H and O–H groups in total. The Morgan fingerprint density at radius 1 is 0.824 bits per heavy atom. The molecular weight excluding hydrogens is 220 g/mol. The summed E-state index contributed by atoms with van der Waals surface area (Å²) in [7, 11) is 0. The Hall–Kier alpha value is -1.06. The Labute approximate surface area is 104 Å². The number of hydrogen-bond acceptors (Lipinski definition) is 4. The van der Waals surface area contributed by atoms with Gasteiger partial charge in [-0.2, -0.15) is 0 Å². The van der Waals surface area contributed by atoms with Crippen LogP contribution in [0.15, 0.2) is 0 Å². The molecule has 0 spiro atoms. The average Bonchev–Trinajstić information content (AvgIpc) is 2.13. The molecule has 0 rings (SSSR count). The molecule has 0 amide bonds. The van der Waals surface area contributed by atoms with Gasteiger partial charge in [-0.1, -0.05) is 13.8 Å². The summed E-state index contributed by atoms with van der Waals surface area (Å²) in [5.74, 6) is -0.486. The third-order valence-corrected chi connectivity index (χ3v) is 2.21. The van der Waals surface area contributed by atoms with Gasteiger partial charge in [0.1, 0.15) is 11.2 Å². The fraction of sp³-hybridized carbons (Fsp3) is 0.846. The number of rotatable bonds is 6. The fourth-order valence-electron chi connectivity index (χ4n) is 1.86. The highest BCUT2D eigenvalue weighted by Crippen LogP contribution is 2.27. The molecule has 0 bridgehead atoms. The Morgan fingerprint density at radius 3 is 1.35 bits per heavy atom. The lowest BCUT2D eigenvalue weighted by atomic mass is 9.92. The third-order valence-electron chi connectivity index (χ3n) is 2.21. The summed E-state index contributed by atoms with van der Waals surface area (Å²) < 4.78 is 10.6. The Morgan fingerprint density at radius 2 is 1.12 bits per heavy atom. The predicted molar refractivity (Wildman–Crippen MR) is 65.5 cm³/mol. The quantitative estimate of drug-likeness (QED) is 0.674. The van der Waals surface area contributed by atoms with E-state index in [-0.39, 0.29) is 11.9 Å². The molecular formula is C13H24O4. The van der Waals surface area contributed by atoms with E-state index >= 15 is 0 Å². The van der Waals surface area contributed by atoms with Crippen molar-refractivity contribution in [3.05, 3.63) is 0 Å². The van der Waals surface area contributed by atoms with E-state index in [9.17, 15) is 9.59 Å². The molecule has 0 saturated carbocycles. The largest absolute Gasteiger partial charge is 0.459 e. The highest BCUT2D eigenvalue weighted by molar-refractivity contribution is 5.70. The first-order valence-corrected chi connectivity index (χ1v) is 6.05. The standard InChI is InChI=1S/C13H24O4/c1-7-10(14)16-12(3,4)9-13(5,6)17-11(15)8-2/h7-9H2,1-6H3. The summed E-state index contributed by atoms with van der Waals surface area (Å²) in [5.41, 5.74) is -1.27. The van der Waals surface area contributed by atoms with Crippen LogP contribution in [0.3, 0.4) is 0 Å². The van der Waals surface area contributed by atoms with E-state index < -0.39 is 11.2 Å². The maximum Gasteiger partial charge on any atom is 0.306 e. The fourth-order valence-corrected chi connectivity index (χ4v) is 1.86. The van der Waals surface area contributed by atoms with E-state index in [1.807, 2.05) is 27.7 Å². The molecule has 0 saturated heterocycles. The van der Waals surface area contributed by atoms with Crippen LogP contribution >= 0.6 is 0 Å². The molecule has 4 nitrogen and oxygen atoms in total. The minimum Gasteiger partial charge on any atom is -0.459 e. The topological polar surface area (TPSA) is 52.6 Å². The number of carbonyl (C=O) groups is 2. The lowest BCUT2D eigenvalue weighted by Gasteiger charge is -2.34. The van der Waals surface area contributed by atoms with Gasteiger partial charge in [-0.05, 0) is 27.7 Å². The summed E-state index contributed by atoms with van der Waals surface area (Å²) in [6.45, 7) is 10.8.